The number of likely N-dealkylation sites (N-methyl/N-ethyl adjacent to an activating group) is 1. The number of nitrogens with zero attached hydrogens (tertiary/aromatic N) is 1. The van der Waals surface area contributed by atoms with E-state index in [1.807, 2.05) is 6.92 Å². The van der Waals surface area contributed by atoms with Gasteiger partial charge in [-0.3, -0.25) is 9.69 Å². The molecule has 0 radical (unpaired) electrons. The van der Waals surface area contributed by atoms with Gasteiger partial charge in [0.05, 0.1) is 13.7 Å². The van der Waals surface area contributed by atoms with Crippen LogP contribution >= 0.6 is 0 Å². The molecule has 0 aromatic carbocycles. The van der Waals surface area contributed by atoms with E-state index in [1.165, 1.54) is 7.11 Å². The zero-order chi connectivity index (χ0) is 12.8. The number of carbonyl (C=O) groups excluding carboxylic acids is 1. The van der Waals surface area contributed by atoms with Crippen LogP contribution in [0.25, 0.3) is 0 Å². The smallest absolute Gasteiger partial charge is 0.319 e. The van der Waals surface area contributed by atoms with Gasteiger partial charge in [-0.2, -0.15) is 0 Å². The lowest BCUT2D eigenvalue weighted by Gasteiger charge is -2.41. The summed E-state index contributed by atoms with van der Waals surface area (Å²) in [5.41, 5.74) is -0.952. The van der Waals surface area contributed by atoms with Crippen molar-refractivity contribution in [1.29, 1.82) is 0 Å². The summed E-state index contributed by atoms with van der Waals surface area (Å²) in [6.07, 6.45) is 1.78. The molecule has 0 spiro atoms. The van der Waals surface area contributed by atoms with Crippen molar-refractivity contribution in [3.8, 4) is 0 Å². The number of methoxy groups -OCH3 is 1. The third-order valence-electron chi connectivity index (χ3n) is 3.33. The van der Waals surface area contributed by atoms with Crippen LogP contribution in [0.2, 0.25) is 0 Å². The number of carbonyl (C=O) groups is 1. The Bertz CT molecular complexity index is 212. The first kappa shape index (κ1) is 15.4. The lowest BCUT2D eigenvalue weighted by atomic mass is 9.90. The molecular weight excluding hydrogens is 206 g/mol. The second-order valence-electron chi connectivity index (χ2n) is 4.20. The van der Waals surface area contributed by atoms with E-state index in [9.17, 15) is 9.90 Å². The molecule has 0 rings (SSSR count). The van der Waals surface area contributed by atoms with Crippen LogP contribution in [0, 0.1) is 5.92 Å². The van der Waals surface area contributed by atoms with Gasteiger partial charge in [0.2, 0.25) is 0 Å². The maximum absolute atomic E-state index is 11.3. The first-order valence-electron chi connectivity index (χ1n) is 5.98. The number of hydrogen-bond acceptors (Lipinski definition) is 4. The minimum Gasteiger partial charge on any atom is -0.468 e. The molecule has 4 nitrogen and oxygen atoms in total. The molecule has 0 aromatic rings. The number of hydrogen-bond donors (Lipinski definition) is 1. The summed E-state index contributed by atoms with van der Waals surface area (Å²) in [6.45, 7) is 8.56. The van der Waals surface area contributed by atoms with Crippen LogP contribution in [0.1, 0.15) is 40.5 Å². The van der Waals surface area contributed by atoms with Gasteiger partial charge in [-0.05, 0) is 26.3 Å². The molecule has 1 unspecified atom stereocenters. The Morgan fingerprint density at radius 2 is 1.88 bits per heavy atom. The topological polar surface area (TPSA) is 49.8 Å². The molecular formula is C12H25NO3. The molecule has 0 heterocycles. The van der Waals surface area contributed by atoms with Crippen molar-refractivity contribution in [3.63, 3.8) is 0 Å². The van der Waals surface area contributed by atoms with Crippen LogP contribution in [0.5, 0.6) is 0 Å². The minimum atomic E-state index is -0.952. The molecule has 0 aliphatic carbocycles. The molecule has 0 amide bonds. The Kier molecular flexibility index (Phi) is 6.60. The van der Waals surface area contributed by atoms with Crippen molar-refractivity contribution < 1.29 is 14.6 Å². The predicted octanol–water partition coefficient (Wildman–Crippen LogP) is 1.63. The first-order chi connectivity index (χ1) is 7.43. The van der Waals surface area contributed by atoms with Crippen molar-refractivity contribution in [1.82, 2.24) is 4.90 Å². The highest BCUT2D eigenvalue weighted by atomic mass is 16.5. The van der Waals surface area contributed by atoms with Crippen LogP contribution in [-0.2, 0) is 9.53 Å². The molecule has 1 N–H and O–H groups in total. The van der Waals surface area contributed by atoms with E-state index in [2.05, 4.69) is 18.6 Å². The maximum atomic E-state index is 11.3. The molecule has 0 saturated carbocycles. The summed E-state index contributed by atoms with van der Waals surface area (Å²) in [4.78, 5) is 13.0. The monoisotopic (exact) mass is 231 g/mol. The fourth-order valence-electron chi connectivity index (χ4n) is 2.13. The normalized spacial score (nSPS) is 15.2. The van der Waals surface area contributed by atoms with Gasteiger partial charge in [-0.25, -0.2) is 0 Å². The van der Waals surface area contributed by atoms with Gasteiger partial charge in [0, 0.05) is 5.92 Å². The standard InChI is InChI=1S/C12H25NO3/c1-6-10(7-2)12(4,15)13(8-3)9-11(14)16-5/h10,15H,6-9H2,1-5H3. The number of ether oxygens (including phenoxy) is 1. The molecule has 0 aliphatic rings. The molecule has 1 atom stereocenters. The van der Waals surface area contributed by atoms with Gasteiger partial charge in [0.1, 0.15) is 5.72 Å². The number of rotatable bonds is 7. The Morgan fingerprint density at radius 3 is 2.19 bits per heavy atom. The van der Waals surface area contributed by atoms with Crippen molar-refractivity contribution in [3.05, 3.63) is 0 Å². The highest BCUT2D eigenvalue weighted by Gasteiger charge is 2.35. The molecule has 0 saturated heterocycles. The third-order valence-corrected chi connectivity index (χ3v) is 3.33. The molecule has 0 aliphatic heterocycles. The lowest BCUT2D eigenvalue weighted by Crippen LogP contribution is -2.53. The van der Waals surface area contributed by atoms with Gasteiger partial charge in [-0.15, -0.1) is 0 Å². The lowest BCUT2D eigenvalue weighted by molar-refractivity contribution is -0.162. The van der Waals surface area contributed by atoms with Crippen LogP contribution in [0.4, 0.5) is 0 Å². The highest BCUT2D eigenvalue weighted by Crippen LogP contribution is 2.27. The van der Waals surface area contributed by atoms with Crippen LogP contribution < -0.4 is 0 Å². The average Bonchev–Trinajstić information content (AvgIpc) is 2.26. The third kappa shape index (κ3) is 3.76. The summed E-state index contributed by atoms with van der Waals surface area (Å²) in [5.74, 6) is -0.148. The second kappa shape index (κ2) is 6.86. The summed E-state index contributed by atoms with van der Waals surface area (Å²) in [5, 5.41) is 10.5. The van der Waals surface area contributed by atoms with Crippen molar-refractivity contribution in [2.45, 2.75) is 46.3 Å². The zero-order valence-corrected chi connectivity index (χ0v) is 11.1. The van der Waals surface area contributed by atoms with Gasteiger partial charge in [-0.1, -0.05) is 20.8 Å². The summed E-state index contributed by atoms with van der Waals surface area (Å²) in [6, 6.07) is 0. The first-order valence-corrected chi connectivity index (χ1v) is 5.98. The number of esters is 1. The highest BCUT2D eigenvalue weighted by molar-refractivity contribution is 5.71. The molecule has 0 fully saturated rings. The fourth-order valence-corrected chi connectivity index (χ4v) is 2.13. The van der Waals surface area contributed by atoms with Crippen molar-refractivity contribution in [2.75, 3.05) is 20.2 Å². The average molecular weight is 231 g/mol. The Hall–Kier alpha value is -0.610. The Labute approximate surface area is 98.6 Å². The van der Waals surface area contributed by atoms with E-state index >= 15 is 0 Å². The SMILES string of the molecule is CCC(CC)C(C)(O)N(CC)CC(=O)OC. The van der Waals surface area contributed by atoms with Crippen molar-refractivity contribution >= 4 is 5.97 Å². The van der Waals surface area contributed by atoms with E-state index in [-0.39, 0.29) is 18.4 Å². The van der Waals surface area contributed by atoms with Crippen molar-refractivity contribution in [2.24, 2.45) is 5.92 Å². The van der Waals surface area contributed by atoms with Gasteiger partial charge in [0.25, 0.3) is 0 Å². The quantitative estimate of drug-likeness (QED) is 0.534. The molecule has 4 heteroatoms. The largest absolute Gasteiger partial charge is 0.468 e. The summed E-state index contributed by atoms with van der Waals surface area (Å²) >= 11 is 0. The van der Waals surface area contributed by atoms with Crippen LogP contribution in [-0.4, -0.2) is 41.9 Å². The van der Waals surface area contributed by atoms with Crippen LogP contribution in [0.3, 0.4) is 0 Å². The van der Waals surface area contributed by atoms with E-state index in [0.29, 0.717) is 6.54 Å². The van der Waals surface area contributed by atoms with E-state index < -0.39 is 5.72 Å². The Balaban J connectivity index is 4.70. The molecule has 0 aromatic heterocycles. The fraction of sp³-hybridized carbons (Fsp3) is 0.917. The van der Waals surface area contributed by atoms with Gasteiger partial charge in [0.15, 0.2) is 0 Å². The van der Waals surface area contributed by atoms with E-state index in [0.717, 1.165) is 12.8 Å². The van der Waals surface area contributed by atoms with E-state index in [4.69, 9.17) is 0 Å². The van der Waals surface area contributed by atoms with Gasteiger partial charge < -0.3 is 9.84 Å². The molecule has 16 heavy (non-hydrogen) atoms. The maximum Gasteiger partial charge on any atom is 0.319 e. The zero-order valence-electron chi connectivity index (χ0n) is 11.1. The summed E-state index contributed by atoms with van der Waals surface area (Å²) < 4.78 is 4.63. The van der Waals surface area contributed by atoms with Crippen LogP contribution in [0.15, 0.2) is 0 Å². The minimum absolute atomic E-state index is 0.135. The van der Waals surface area contributed by atoms with E-state index in [1.54, 1.807) is 11.8 Å². The predicted molar refractivity (Wildman–Crippen MR) is 64.0 cm³/mol. The summed E-state index contributed by atoms with van der Waals surface area (Å²) in [7, 11) is 1.36. The Morgan fingerprint density at radius 1 is 1.38 bits per heavy atom. The van der Waals surface area contributed by atoms with Gasteiger partial charge >= 0.3 is 5.97 Å². The molecule has 0 bridgehead atoms. The second-order valence-corrected chi connectivity index (χ2v) is 4.20. The number of aliphatic hydroxyl groups is 1. The molecule has 96 valence electrons.